The van der Waals surface area contributed by atoms with Gasteiger partial charge >= 0.3 is 0 Å². The van der Waals surface area contributed by atoms with Crippen molar-refractivity contribution < 1.29 is 19.1 Å². The predicted molar refractivity (Wildman–Crippen MR) is 177 cm³/mol. The number of nitrogens with zero attached hydrogens (tertiary/aromatic N) is 4. The first-order chi connectivity index (χ1) is 21.3. The van der Waals surface area contributed by atoms with Crippen molar-refractivity contribution in [2.75, 3.05) is 51.3 Å². The van der Waals surface area contributed by atoms with Crippen molar-refractivity contribution in [1.82, 2.24) is 25.3 Å². The number of carbonyl (C=O) groups excluding carboxylic acids is 2. The largest absolute Gasteiger partial charge is 0.496 e. The van der Waals surface area contributed by atoms with Crippen LogP contribution in [0, 0.1) is 5.92 Å². The molecule has 6 rings (SSSR count). The molecule has 3 fully saturated rings. The molecule has 3 aliphatic rings. The lowest BCUT2D eigenvalue weighted by molar-refractivity contribution is -0.146. The van der Waals surface area contributed by atoms with Crippen LogP contribution in [0.4, 0.5) is 5.69 Å². The quantitative estimate of drug-likeness (QED) is 0.338. The molecule has 2 N–H and O–H groups in total. The van der Waals surface area contributed by atoms with Gasteiger partial charge in [0.15, 0.2) is 5.60 Å². The summed E-state index contributed by atoms with van der Waals surface area (Å²) in [6.45, 7) is 8.74. The highest BCUT2D eigenvalue weighted by Crippen LogP contribution is 2.35. The van der Waals surface area contributed by atoms with Crippen LogP contribution in [0.5, 0.6) is 11.5 Å². The number of carbonyl (C=O) groups is 2. The second-order valence-corrected chi connectivity index (χ2v) is 12.6. The van der Waals surface area contributed by atoms with Crippen molar-refractivity contribution in [3.05, 3.63) is 60.4 Å². The molecule has 0 radical (unpaired) electrons. The number of amides is 2. The monoisotopic (exact) mass is 636 g/mol. The highest BCUT2D eigenvalue weighted by Gasteiger charge is 2.38. The van der Waals surface area contributed by atoms with E-state index in [9.17, 15) is 9.59 Å². The average Bonchev–Trinajstić information content (AvgIpc) is 3.75. The van der Waals surface area contributed by atoms with Crippen molar-refractivity contribution in [3.63, 3.8) is 0 Å². The van der Waals surface area contributed by atoms with Crippen molar-refractivity contribution >= 4 is 29.9 Å². The fourth-order valence-electron chi connectivity index (χ4n) is 6.40. The minimum Gasteiger partial charge on any atom is -0.496 e. The molecular formula is C34H45ClN6O4. The van der Waals surface area contributed by atoms with Gasteiger partial charge in [0, 0.05) is 80.9 Å². The lowest BCUT2D eigenvalue weighted by Gasteiger charge is -2.37. The molecule has 2 saturated heterocycles. The summed E-state index contributed by atoms with van der Waals surface area (Å²) < 4.78 is 12.1. The summed E-state index contributed by atoms with van der Waals surface area (Å²) >= 11 is 0. The molecule has 1 aliphatic carbocycles. The number of methoxy groups -OCH3 is 1. The van der Waals surface area contributed by atoms with Gasteiger partial charge in [-0.1, -0.05) is 18.2 Å². The van der Waals surface area contributed by atoms with Crippen LogP contribution in [-0.2, 0) is 16.1 Å². The van der Waals surface area contributed by atoms with Crippen LogP contribution in [0.15, 0.2) is 54.9 Å². The molecule has 11 heteroatoms. The Morgan fingerprint density at radius 3 is 2.56 bits per heavy atom. The molecule has 10 nitrogen and oxygen atoms in total. The second kappa shape index (κ2) is 14.1. The minimum absolute atomic E-state index is 0. The van der Waals surface area contributed by atoms with E-state index in [4.69, 9.17) is 9.47 Å². The summed E-state index contributed by atoms with van der Waals surface area (Å²) in [6.07, 6.45) is 7.55. The molecule has 1 saturated carbocycles. The van der Waals surface area contributed by atoms with Crippen LogP contribution < -0.4 is 19.7 Å². The Morgan fingerprint density at radius 1 is 1.04 bits per heavy atom. The first-order valence-electron chi connectivity index (χ1n) is 15.8. The number of aromatic nitrogens is 2. The highest BCUT2D eigenvalue weighted by molar-refractivity contribution is 5.85. The number of hydrogen-bond donors (Lipinski definition) is 2. The Labute approximate surface area is 271 Å². The Bertz CT molecular complexity index is 1450. The summed E-state index contributed by atoms with van der Waals surface area (Å²) in [4.78, 5) is 33.5. The van der Waals surface area contributed by atoms with Gasteiger partial charge in [0.05, 0.1) is 19.2 Å². The van der Waals surface area contributed by atoms with Crippen LogP contribution in [0.3, 0.4) is 0 Å². The normalized spacial score (nSPS) is 18.6. The number of halogens is 1. The van der Waals surface area contributed by atoms with Crippen molar-refractivity contribution in [3.8, 4) is 22.6 Å². The van der Waals surface area contributed by atoms with Crippen molar-refractivity contribution in [2.24, 2.45) is 5.92 Å². The molecule has 2 aromatic carbocycles. The van der Waals surface area contributed by atoms with Gasteiger partial charge in [-0.25, -0.2) is 0 Å². The van der Waals surface area contributed by atoms with Crippen molar-refractivity contribution in [1.29, 1.82) is 0 Å². The summed E-state index contributed by atoms with van der Waals surface area (Å²) in [6, 6.07) is 14.4. The molecule has 3 heterocycles. The first-order valence-corrected chi connectivity index (χ1v) is 15.8. The van der Waals surface area contributed by atoms with Gasteiger partial charge in [0.1, 0.15) is 11.5 Å². The van der Waals surface area contributed by atoms with Gasteiger partial charge in [-0.05, 0) is 63.3 Å². The topological polar surface area (TPSA) is 103 Å². The highest BCUT2D eigenvalue weighted by atomic mass is 35.5. The molecule has 0 spiro atoms. The molecule has 2 amide bonds. The van der Waals surface area contributed by atoms with Crippen molar-refractivity contribution in [2.45, 2.75) is 57.7 Å². The maximum atomic E-state index is 14.1. The van der Waals surface area contributed by atoms with Gasteiger partial charge in [-0.15, -0.1) is 12.4 Å². The third-order valence-corrected chi connectivity index (χ3v) is 8.98. The number of piperazine rings is 1. The van der Waals surface area contributed by atoms with Crippen LogP contribution >= 0.6 is 12.4 Å². The molecule has 2 aliphatic heterocycles. The molecule has 1 atom stereocenters. The lowest BCUT2D eigenvalue weighted by Crippen LogP contribution is -2.54. The number of nitrogens with one attached hydrogen (secondary N) is 2. The second-order valence-electron chi connectivity index (χ2n) is 12.6. The predicted octanol–water partition coefficient (Wildman–Crippen LogP) is 4.50. The fraction of sp³-hybridized carbons (Fsp3) is 0.500. The first kappa shape index (κ1) is 32.6. The van der Waals surface area contributed by atoms with Gasteiger partial charge in [-0.2, -0.15) is 5.10 Å². The zero-order valence-corrected chi connectivity index (χ0v) is 27.3. The maximum absolute atomic E-state index is 14.1. The molecule has 3 aromatic rings. The van der Waals surface area contributed by atoms with Crippen LogP contribution in [0.1, 0.15) is 45.1 Å². The number of anilines is 1. The molecule has 242 valence electrons. The minimum atomic E-state index is -0.973. The third-order valence-electron chi connectivity index (χ3n) is 8.98. The van der Waals surface area contributed by atoms with E-state index >= 15 is 0 Å². The summed E-state index contributed by atoms with van der Waals surface area (Å²) in [5.74, 6) is 1.57. The van der Waals surface area contributed by atoms with E-state index in [1.807, 2.05) is 49.2 Å². The number of rotatable bonds is 10. The Balaban J connectivity index is 0.00000400. The van der Waals surface area contributed by atoms with Crippen LogP contribution in [-0.4, -0.2) is 89.8 Å². The number of piperidine rings is 1. The van der Waals surface area contributed by atoms with Gasteiger partial charge < -0.3 is 29.5 Å². The standard InChI is InChI=1S/C34H44N6O4.ClH/c1-34(2,33(42)38-16-13-35-14-17-38)44-30-8-4-7-29(19-30)39-15-5-6-26(22-39)32(41)40(28-11-12-28)23-25-10-9-24(18-31(25)43-3)27-20-36-37-21-27;/h4,7-10,18-21,26,28,35H,5-6,11-17,22-23H2,1-3H3,(H,36,37);1H. The van der Waals surface area contributed by atoms with E-state index in [2.05, 4.69) is 43.5 Å². The average molecular weight is 637 g/mol. The van der Waals surface area contributed by atoms with Crippen LogP contribution in [0.2, 0.25) is 0 Å². The fourth-order valence-corrected chi connectivity index (χ4v) is 6.40. The van der Waals surface area contributed by atoms with Gasteiger partial charge in [0.2, 0.25) is 5.91 Å². The van der Waals surface area contributed by atoms with E-state index in [-0.39, 0.29) is 36.2 Å². The Hall–Kier alpha value is -3.76. The van der Waals surface area contributed by atoms with E-state index in [0.29, 0.717) is 31.9 Å². The SMILES string of the molecule is COc1cc(-c2cn[nH]c2)ccc1CN(C(=O)C1CCCN(c2cccc(OC(C)(C)C(=O)N3CCNCC3)c2)C1)C1CC1.Cl. The van der Waals surface area contributed by atoms with Crippen LogP contribution in [0.25, 0.3) is 11.1 Å². The molecular weight excluding hydrogens is 592 g/mol. The number of H-pyrrole nitrogens is 1. The van der Waals surface area contributed by atoms with E-state index in [1.165, 1.54) is 0 Å². The molecule has 0 bridgehead atoms. The zero-order valence-electron chi connectivity index (χ0n) is 26.5. The Morgan fingerprint density at radius 2 is 1.84 bits per heavy atom. The van der Waals surface area contributed by atoms with E-state index < -0.39 is 5.60 Å². The lowest BCUT2D eigenvalue weighted by atomic mass is 9.95. The third kappa shape index (κ3) is 7.56. The summed E-state index contributed by atoms with van der Waals surface area (Å²) in [5.41, 5.74) is 3.07. The molecule has 1 unspecified atom stereocenters. The van der Waals surface area contributed by atoms with E-state index in [0.717, 1.165) is 73.4 Å². The Kier molecular flexibility index (Phi) is 10.2. The smallest absolute Gasteiger partial charge is 0.266 e. The number of benzene rings is 2. The van der Waals surface area contributed by atoms with Gasteiger partial charge in [0.25, 0.3) is 5.91 Å². The number of hydrogen-bond acceptors (Lipinski definition) is 7. The van der Waals surface area contributed by atoms with Gasteiger partial charge in [-0.3, -0.25) is 14.7 Å². The zero-order chi connectivity index (χ0) is 30.7. The number of ether oxygens (including phenoxy) is 2. The summed E-state index contributed by atoms with van der Waals surface area (Å²) in [5, 5.41) is 10.2. The van der Waals surface area contributed by atoms with E-state index in [1.54, 1.807) is 13.3 Å². The maximum Gasteiger partial charge on any atom is 0.266 e. The molecule has 45 heavy (non-hydrogen) atoms. The molecule has 1 aromatic heterocycles. The number of aromatic amines is 1. The summed E-state index contributed by atoms with van der Waals surface area (Å²) in [7, 11) is 1.68.